The molecule has 0 amide bonds. The van der Waals surface area contributed by atoms with Gasteiger partial charge in [-0.1, -0.05) is 25.1 Å². The molecule has 0 saturated heterocycles. The number of para-hydroxylation sites is 1. The molecule has 2 aromatic carbocycles. The van der Waals surface area contributed by atoms with Gasteiger partial charge < -0.3 is 10.1 Å². The highest BCUT2D eigenvalue weighted by molar-refractivity contribution is 5.33. The van der Waals surface area contributed by atoms with Crippen molar-refractivity contribution in [3.63, 3.8) is 0 Å². The summed E-state index contributed by atoms with van der Waals surface area (Å²) in [7, 11) is 0. The van der Waals surface area contributed by atoms with Crippen molar-refractivity contribution < 1.29 is 13.5 Å². The van der Waals surface area contributed by atoms with Crippen molar-refractivity contribution in [1.29, 1.82) is 0 Å². The highest BCUT2D eigenvalue weighted by Gasteiger charge is 2.07. The summed E-state index contributed by atoms with van der Waals surface area (Å²) >= 11 is 0. The van der Waals surface area contributed by atoms with Crippen LogP contribution in [0.2, 0.25) is 0 Å². The number of ether oxygens (including phenoxy) is 1. The van der Waals surface area contributed by atoms with E-state index in [4.69, 9.17) is 4.74 Å². The number of rotatable bonds is 6. The van der Waals surface area contributed by atoms with Crippen LogP contribution in [0.25, 0.3) is 0 Å². The zero-order valence-corrected chi connectivity index (χ0v) is 11.3. The third-order valence-corrected chi connectivity index (χ3v) is 2.94. The molecule has 0 spiro atoms. The van der Waals surface area contributed by atoms with Gasteiger partial charge in [-0.2, -0.15) is 0 Å². The minimum absolute atomic E-state index is 0.0786. The first kappa shape index (κ1) is 14.5. The fraction of sp³-hybridized carbons (Fsp3) is 0.250. The lowest BCUT2D eigenvalue weighted by molar-refractivity contribution is 0.295. The van der Waals surface area contributed by atoms with Crippen molar-refractivity contribution in [1.82, 2.24) is 5.32 Å². The van der Waals surface area contributed by atoms with Gasteiger partial charge in [0.05, 0.1) is 0 Å². The molecule has 106 valence electrons. The van der Waals surface area contributed by atoms with Gasteiger partial charge >= 0.3 is 0 Å². The molecule has 0 heterocycles. The molecular weight excluding hydrogens is 260 g/mol. The molecule has 0 aliphatic rings. The van der Waals surface area contributed by atoms with Crippen LogP contribution >= 0.6 is 0 Å². The lowest BCUT2D eigenvalue weighted by Gasteiger charge is -2.12. The third kappa shape index (κ3) is 3.78. The van der Waals surface area contributed by atoms with E-state index in [2.05, 4.69) is 5.32 Å². The highest BCUT2D eigenvalue weighted by Crippen LogP contribution is 2.20. The van der Waals surface area contributed by atoms with E-state index in [0.29, 0.717) is 17.9 Å². The van der Waals surface area contributed by atoms with Crippen LogP contribution in [-0.2, 0) is 13.2 Å². The Morgan fingerprint density at radius 3 is 2.60 bits per heavy atom. The van der Waals surface area contributed by atoms with Gasteiger partial charge in [0, 0.05) is 23.7 Å². The fourth-order valence-corrected chi connectivity index (χ4v) is 1.84. The molecule has 0 unspecified atom stereocenters. The van der Waals surface area contributed by atoms with E-state index in [-0.39, 0.29) is 6.61 Å². The van der Waals surface area contributed by atoms with Crippen LogP contribution in [-0.4, -0.2) is 6.54 Å². The standard InChI is InChI=1S/C16H17F2NO/c1-2-19-10-12-5-3-4-6-16(12)20-11-13-7-8-14(17)9-15(13)18/h3-9,19H,2,10-11H2,1H3. The molecule has 0 aliphatic carbocycles. The Labute approximate surface area is 117 Å². The van der Waals surface area contributed by atoms with E-state index in [1.807, 2.05) is 31.2 Å². The van der Waals surface area contributed by atoms with Crippen LogP contribution in [0.1, 0.15) is 18.1 Å². The van der Waals surface area contributed by atoms with Crippen molar-refractivity contribution in [2.45, 2.75) is 20.1 Å². The van der Waals surface area contributed by atoms with E-state index in [0.717, 1.165) is 18.2 Å². The van der Waals surface area contributed by atoms with Crippen molar-refractivity contribution in [2.24, 2.45) is 0 Å². The maximum atomic E-state index is 13.5. The molecule has 2 aromatic rings. The number of halogens is 2. The Bertz CT molecular complexity index is 572. The first-order chi connectivity index (χ1) is 9.70. The monoisotopic (exact) mass is 277 g/mol. The molecule has 20 heavy (non-hydrogen) atoms. The first-order valence-electron chi connectivity index (χ1n) is 6.56. The molecule has 0 radical (unpaired) electrons. The van der Waals surface area contributed by atoms with E-state index in [9.17, 15) is 8.78 Å². The average Bonchev–Trinajstić information content (AvgIpc) is 2.45. The summed E-state index contributed by atoms with van der Waals surface area (Å²) in [6.07, 6.45) is 0. The van der Waals surface area contributed by atoms with Crippen molar-refractivity contribution >= 4 is 0 Å². The molecule has 0 aromatic heterocycles. The molecule has 2 nitrogen and oxygen atoms in total. The van der Waals surface area contributed by atoms with Crippen LogP contribution in [0, 0.1) is 11.6 Å². The Morgan fingerprint density at radius 2 is 1.85 bits per heavy atom. The van der Waals surface area contributed by atoms with Gasteiger partial charge in [-0.3, -0.25) is 0 Å². The van der Waals surface area contributed by atoms with Gasteiger partial charge in [0.1, 0.15) is 24.0 Å². The molecule has 0 bridgehead atoms. The summed E-state index contributed by atoms with van der Waals surface area (Å²) in [6, 6.07) is 11.1. The number of benzene rings is 2. The van der Waals surface area contributed by atoms with Gasteiger partial charge in [-0.05, 0) is 24.7 Å². The summed E-state index contributed by atoms with van der Waals surface area (Å²) in [6.45, 7) is 3.66. The second-order valence-corrected chi connectivity index (χ2v) is 4.41. The van der Waals surface area contributed by atoms with Gasteiger partial charge in [-0.15, -0.1) is 0 Å². The van der Waals surface area contributed by atoms with Crippen LogP contribution in [0.15, 0.2) is 42.5 Å². The highest BCUT2D eigenvalue weighted by atomic mass is 19.1. The number of nitrogens with one attached hydrogen (secondary N) is 1. The SMILES string of the molecule is CCNCc1ccccc1OCc1ccc(F)cc1F. The summed E-state index contributed by atoms with van der Waals surface area (Å²) in [5.41, 5.74) is 1.35. The van der Waals surface area contributed by atoms with Crippen LogP contribution in [0.3, 0.4) is 0 Å². The second kappa shape index (κ2) is 7.01. The first-order valence-corrected chi connectivity index (χ1v) is 6.56. The van der Waals surface area contributed by atoms with Gasteiger partial charge in [0.15, 0.2) is 0 Å². The summed E-state index contributed by atoms with van der Waals surface area (Å²) in [4.78, 5) is 0. The average molecular weight is 277 g/mol. The predicted octanol–water partition coefficient (Wildman–Crippen LogP) is 3.65. The normalized spacial score (nSPS) is 10.6. The Morgan fingerprint density at radius 1 is 1.05 bits per heavy atom. The summed E-state index contributed by atoms with van der Waals surface area (Å²) < 4.78 is 32.0. The van der Waals surface area contributed by atoms with Crippen molar-refractivity contribution in [3.8, 4) is 5.75 Å². The van der Waals surface area contributed by atoms with E-state index < -0.39 is 11.6 Å². The minimum Gasteiger partial charge on any atom is -0.488 e. The Kier molecular flexibility index (Phi) is 5.07. The largest absolute Gasteiger partial charge is 0.488 e. The predicted molar refractivity (Wildman–Crippen MR) is 74.5 cm³/mol. The summed E-state index contributed by atoms with van der Waals surface area (Å²) in [5.74, 6) is -0.467. The number of hydrogen-bond acceptors (Lipinski definition) is 2. The fourth-order valence-electron chi connectivity index (χ4n) is 1.84. The van der Waals surface area contributed by atoms with Crippen molar-refractivity contribution in [3.05, 3.63) is 65.2 Å². The Hall–Kier alpha value is -1.94. The van der Waals surface area contributed by atoms with E-state index >= 15 is 0 Å². The van der Waals surface area contributed by atoms with E-state index in [1.165, 1.54) is 12.1 Å². The molecule has 0 aliphatic heterocycles. The lowest BCUT2D eigenvalue weighted by Crippen LogP contribution is -2.13. The van der Waals surface area contributed by atoms with Crippen LogP contribution in [0.5, 0.6) is 5.75 Å². The van der Waals surface area contributed by atoms with Gasteiger partial charge in [0.2, 0.25) is 0 Å². The zero-order valence-electron chi connectivity index (χ0n) is 11.3. The maximum Gasteiger partial charge on any atom is 0.132 e. The second-order valence-electron chi connectivity index (χ2n) is 4.41. The van der Waals surface area contributed by atoms with Gasteiger partial charge in [0.25, 0.3) is 0 Å². The Balaban J connectivity index is 2.06. The molecule has 1 N–H and O–H groups in total. The number of hydrogen-bond donors (Lipinski definition) is 1. The molecule has 0 fully saturated rings. The van der Waals surface area contributed by atoms with Crippen LogP contribution < -0.4 is 10.1 Å². The molecule has 4 heteroatoms. The van der Waals surface area contributed by atoms with Crippen LogP contribution in [0.4, 0.5) is 8.78 Å². The van der Waals surface area contributed by atoms with Crippen molar-refractivity contribution in [2.75, 3.05) is 6.54 Å². The minimum atomic E-state index is -0.589. The topological polar surface area (TPSA) is 21.3 Å². The smallest absolute Gasteiger partial charge is 0.132 e. The van der Waals surface area contributed by atoms with E-state index in [1.54, 1.807) is 0 Å². The third-order valence-electron chi connectivity index (χ3n) is 2.94. The maximum absolute atomic E-state index is 13.5. The summed E-state index contributed by atoms with van der Waals surface area (Å²) in [5, 5.41) is 3.22. The molecule has 0 saturated carbocycles. The molecular formula is C16H17F2NO. The zero-order chi connectivity index (χ0) is 14.4. The lowest BCUT2D eigenvalue weighted by atomic mass is 10.2. The molecule has 0 atom stereocenters. The molecule has 2 rings (SSSR count). The van der Waals surface area contributed by atoms with Gasteiger partial charge in [-0.25, -0.2) is 8.78 Å². The quantitative estimate of drug-likeness (QED) is 0.870.